The number of carbonyl (C=O) groups excluding carboxylic acids is 1. The summed E-state index contributed by atoms with van der Waals surface area (Å²) in [4.78, 5) is 24.9. The molecule has 1 N–H and O–H groups in total. The van der Waals surface area contributed by atoms with Gasteiger partial charge in [-0.05, 0) is 45.6 Å². The monoisotopic (exact) mass is 375 g/mol. The standard InChI is InChI=1S/C18H25N5O4/c1-12-18(23(25)26)13(2)22(20-12)11-17(24)19-10-16(21(3)4)14-6-8-15(27-5)9-7-14/h6-9,16H,10-11H2,1-5H3,(H,19,24). The van der Waals surface area contributed by atoms with Crippen molar-refractivity contribution in [2.45, 2.75) is 26.4 Å². The molecule has 1 aromatic heterocycles. The molecule has 0 spiro atoms. The van der Waals surface area contributed by atoms with Crippen LogP contribution in [0.4, 0.5) is 5.69 Å². The van der Waals surface area contributed by atoms with E-state index in [1.54, 1.807) is 21.0 Å². The first-order valence-electron chi connectivity index (χ1n) is 8.50. The van der Waals surface area contributed by atoms with E-state index in [1.165, 1.54) is 4.68 Å². The Labute approximate surface area is 158 Å². The molecule has 27 heavy (non-hydrogen) atoms. The number of carbonyl (C=O) groups is 1. The number of ether oxygens (including phenoxy) is 1. The lowest BCUT2D eigenvalue weighted by molar-refractivity contribution is -0.386. The van der Waals surface area contributed by atoms with Crippen LogP contribution < -0.4 is 10.1 Å². The molecule has 1 unspecified atom stereocenters. The van der Waals surface area contributed by atoms with E-state index in [2.05, 4.69) is 10.4 Å². The van der Waals surface area contributed by atoms with Crippen molar-refractivity contribution >= 4 is 11.6 Å². The van der Waals surface area contributed by atoms with Crippen LogP contribution in [0.3, 0.4) is 0 Å². The van der Waals surface area contributed by atoms with E-state index in [4.69, 9.17) is 4.74 Å². The third-order valence-electron chi connectivity index (χ3n) is 4.44. The number of likely N-dealkylation sites (N-methyl/N-ethyl adjacent to an activating group) is 1. The zero-order chi connectivity index (χ0) is 20.1. The van der Waals surface area contributed by atoms with Gasteiger partial charge in [0.25, 0.3) is 0 Å². The smallest absolute Gasteiger partial charge is 0.312 e. The third kappa shape index (κ3) is 4.82. The molecular weight excluding hydrogens is 350 g/mol. The van der Waals surface area contributed by atoms with Gasteiger partial charge in [-0.25, -0.2) is 0 Å². The lowest BCUT2D eigenvalue weighted by atomic mass is 10.1. The minimum atomic E-state index is -0.474. The van der Waals surface area contributed by atoms with Crippen LogP contribution >= 0.6 is 0 Å². The summed E-state index contributed by atoms with van der Waals surface area (Å²) in [6, 6.07) is 7.65. The summed E-state index contributed by atoms with van der Waals surface area (Å²) in [7, 11) is 5.48. The van der Waals surface area contributed by atoms with Gasteiger partial charge in [-0.1, -0.05) is 12.1 Å². The molecule has 1 aromatic carbocycles. The summed E-state index contributed by atoms with van der Waals surface area (Å²) in [5.41, 5.74) is 1.66. The predicted octanol–water partition coefficient (Wildman–Crippen LogP) is 1.84. The topological polar surface area (TPSA) is 103 Å². The van der Waals surface area contributed by atoms with E-state index in [0.29, 0.717) is 17.9 Å². The van der Waals surface area contributed by atoms with E-state index in [0.717, 1.165) is 11.3 Å². The van der Waals surface area contributed by atoms with Gasteiger partial charge in [0.1, 0.15) is 23.7 Å². The number of nitro groups is 1. The van der Waals surface area contributed by atoms with Crippen LogP contribution in [0.5, 0.6) is 5.75 Å². The van der Waals surface area contributed by atoms with E-state index in [-0.39, 0.29) is 24.2 Å². The second-order valence-electron chi connectivity index (χ2n) is 6.49. The maximum Gasteiger partial charge on any atom is 0.312 e. The van der Waals surface area contributed by atoms with Crippen molar-refractivity contribution in [1.29, 1.82) is 0 Å². The van der Waals surface area contributed by atoms with Gasteiger partial charge in [-0.15, -0.1) is 0 Å². The normalized spacial score (nSPS) is 12.1. The Morgan fingerprint density at radius 3 is 2.44 bits per heavy atom. The number of aryl methyl sites for hydroxylation is 1. The molecule has 2 aromatic rings. The van der Waals surface area contributed by atoms with Crippen LogP contribution in [-0.4, -0.2) is 53.3 Å². The van der Waals surface area contributed by atoms with Gasteiger partial charge < -0.3 is 15.0 Å². The number of nitrogens with one attached hydrogen (secondary N) is 1. The molecule has 9 nitrogen and oxygen atoms in total. The number of methoxy groups -OCH3 is 1. The first-order valence-corrected chi connectivity index (χ1v) is 8.50. The van der Waals surface area contributed by atoms with Crippen LogP contribution in [0.25, 0.3) is 0 Å². The molecule has 1 amide bonds. The van der Waals surface area contributed by atoms with Crippen molar-refractivity contribution in [3.8, 4) is 5.75 Å². The molecule has 1 heterocycles. The van der Waals surface area contributed by atoms with Crippen molar-refractivity contribution in [1.82, 2.24) is 20.0 Å². The molecule has 0 saturated carbocycles. The fourth-order valence-corrected chi connectivity index (χ4v) is 2.93. The summed E-state index contributed by atoms with van der Waals surface area (Å²) < 4.78 is 6.53. The van der Waals surface area contributed by atoms with Crippen molar-refractivity contribution < 1.29 is 14.5 Å². The Morgan fingerprint density at radius 2 is 1.96 bits per heavy atom. The second-order valence-corrected chi connectivity index (χ2v) is 6.49. The first kappa shape index (κ1) is 20.4. The van der Waals surface area contributed by atoms with Crippen molar-refractivity contribution in [3.05, 3.63) is 51.3 Å². The number of hydrogen-bond acceptors (Lipinski definition) is 6. The number of amides is 1. The molecule has 0 aliphatic carbocycles. The van der Waals surface area contributed by atoms with Crippen LogP contribution in [0, 0.1) is 24.0 Å². The average Bonchev–Trinajstić information content (AvgIpc) is 2.88. The van der Waals surface area contributed by atoms with Crippen LogP contribution in [0.15, 0.2) is 24.3 Å². The molecule has 0 radical (unpaired) electrons. The molecule has 0 aliphatic heterocycles. The highest BCUT2D eigenvalue weighted by Gasteiger charge is 2.23. The Kier molecular flexibility index (Phi) is 6.51. The van der Waals surface area contributed by atoms with Crippen LogP contribution in [-0.2, 0) is 11.3 Å². The zero-order valence-electron chi connectivity index (χ0n) is 16.2. The number of nitrogens with zero attached hydrogens (tertiary/aromatic N) is 4. The summed E-state index contributed by atoms with van der Waals surface area (Å²) in [6.45, 7) is 3.49. The fraction of sp³-hybridized carbons (Fsp3) is 0.444. The minimum absolute atomic E-state index is 0.0188. The maximum atomic E-state index is 12.3. The Bertz CT molecular complexity index is 814. The van der Waals surface area contributed by atoms with E-state index < -0.39 is 4.92 Å². The molecule has 2 rings (SSSR count). The molecular formula is C18H25N5O4. The molecule has 9 heteroatoms. The Morgan fingerprint density at radius 1 is 1.33 bits per heavy atom. The van der Waals surface area contributed by atoms with Gasteiger partial charge in [0.2, 0.25) is 5.91 Å². The van der Waals surface area contributed by atoms with Crippen molar-refractivity contribution in [3.63, 3.8) is 0 Å². The van der Waals surface area contributed by atoms with Gasteiger partial charge in [0.05, 0.1) is 18.1 Å². The first-order chi connectivity index (χ1) is 12.7. The molecule has 146 valence electrons. The quantitative estimate of drug-likeness (QED) is 0.558. The lowest BCUT2D eigenvalue weighted by Gasteiger charge is -2.25. The van der Waals surface area contributed by atoms with Gasteiger partial charge in [-0.3, -0.25) is 19.6 Å². The van der Waals surface area contributed by atoms with Gasteiger partial charge in [0, 0.05) is 6.54 Å². The average molecular weight is 375 g/mol. The van der Waals surface area contributed by atoms with Crippen LogP contribution in [0.1, 0.15) is 23.0 Å². The van der Waals surface area contributed by atoms with Gasteiger partial charge >= 0.3 is 5.69 Å². The SMILES string of the molecule is COc1ccc(C(CNC(=O)Cn2nc(C)c([N+](=O)[O-])c2C)N(C)C)cc1. The predicted molar refractivity (Wildman–Crippen MR) is 101 cm³/mol. The molecule has 0 saturated heterocycles. The van der Waals surface area contributed by atoms with Crippen molar-refractivity contribution in [2.24, 2.45) is 0 Å². The van der Waals surface area contributed by atoms with Crippen LogP contribution in [0.2, 0.25) is 0 Å². The highest BCUT2D eigenvalue weighted by atomic mass is 16.6. The maximum absolute atomic E-state index is 12.3. The molecule has 0 fully saturated rings. The summed E-state index contributed by atoms with van der Waals surface area (Å²) in [6.07, 6.45) is 0. The fourth-order valence-electron chi connectivity index (χ4n) is 2.93. The highest BCUT2D eigenvalue weighted by molar-refractivity contribution is 5.76. The van der Waals surface area contributed by atoms with E-state index in [1.807, 2.05) is 43.3 Å². The minimum Gasteiger partial charge on any atom is -0.497 e. The molecule has 1 atom stereocenters. The second kappa shape index (κ2) is 8.63. The largest absolute Gasteiger partial charge is 0.497 e. The zero-order valence-corrected chi connectivity index (χ0v) is 16.2. The van der Waals surface area contributed by atoms with E-state index >= 15 is 0 Å². The molecule has 0 bridgehead atoms. The highest BCUT2D eigenvalue weighted by Crippen LogP contribution is 2.22. The Hall–Kier alpha value is -2.94. The lowest BCUT2D eigenvalue weighted by Crippen LogP contribution is -2.36. The Balaban J connectivity index is 2.04. The van der Waals surface area contributed by atoms with Gasteiger partial charge in [-0.2, -0.15) is 5.10 Å². The van der Waals surface area contributed by atoms with Gasteiger partial charge in [0.15, 0.2) is 0 Å². The van der Waals surface area contributed by atoms with Crippen molar-refractivity contribution in [2.75, 3.05) is 27.7 Å². The summed E-state index contributed by atoms with van der Waals surface area (Å²) in [5.74, 6) is 0.516. The number of rotatable bonds is 8. The van der Waals surface area contributed by atoms with E-state index in [9.17, 15) is 14.9 Å². The number of benzene rings is 1. The number of hydrogen-bond donors (Lipinski definition) is 1. The summed E-state index contributed by atoms with van der Waals surface area (Å²) >= 11 is 0. The number of aromatic nitrogens is 2. The molecule has 0 aliphatic rings. The summed E-state index contributed by atoms with van der Waals surface area (Å²) in [5, 5.41) is 18.1. The third-order valence-corrected chi connectivity index (χ3v) is 4.44.